The minimum atomic E-state index is -0.750. The predicted molar refractivity (Wildman–Crippen MR) is 161 cm³/mol. The second kappa shape index (κ2) is 12.9. The van der Waals surface area contributed by atoms with Crippen molar-refractivity contribution >= 4 is 29.5 Å². The lowest BCUT2D eigenvalue weighted by molar-refractivity contribution is -0.146. The lowest BCUT2D eigenvalue weighted by Crippen LogP contribution is -2.59. The zero-order chi connectivity index (χ0) is 29.0. The highest BCUT2D eigenvalue weighted by Crippen LogP contribution is 2.69. The number of hydrogen-bond donors (Lipinski definition) is 1. The number of carbonyl (C=O) groups is 3. The van der Waals surface area contributed by atoms with E-state index in [1.807, 2.05) is 35.2 Å². The molecule has 1 aromatic carbocycles. The van der Waals surface area contributed by atoms with Crippen molar-refractivity contribution in [3.63, 3.8) is 0 Å². The molecule has 3 unspecified atom stereocenters. The lowest BCUT2D eigenvalue weighted by atomic mass is 9.65. The molecule has 3 saturated heterocycles. The molecular formula is C32H45N3O4S. The van der Waals surface area contributed by atoms with E-state index in [1.54, 1.807) is 40.8 Å². The summed E-state index contributed by atoms with van der Waals surface area (Å²) >= 11 is 1.68. The molecule has 0 aliphatic carbocycles. The molecule has 3 aliphatic heterocycles. The first kappa shape index (κ1) is 30.4. The normalized spacial score (nSPS) is 29.2. The Morgan fingerprint density at radius 1 is 1.18 bits per heavy atom. The van der Waals surface area contributed by atoms with Crippen LogP contribution in [0.4, 0.5) is 0 Å². The van der Waals surface area contributed by atoms with E-state index in [9.17, 15) is 19.5 Å². The minimum Gasteiger partial charge on any atom is -0.394 e. The third kappa shape index (κ3) is 5.25. The van der Waals surface area contributed by atoms with Gasteiger partial charge >= 0.3 is 0 Å². The average molecular weight is 568 g/mol. The van der Waals surface area contributed by atoms with Gasteiger partial charge in [0.2, 0.25) is 17.7 Å². The lowest BCUT2D eigenvalue weighted by Gasteiger charge is -2.42. The van der Waals surface area contributed by atoms with Crippen molar-refractivity contribution in [1.82, 2.24) is 14.7 Å². The van der Waals surface area contributed by atoms with Crippen LogP contribution >= 0.6 is 11.8 Å². The summed E-state index contributed by atoms with van der Waals surface area (Å²) in [7, 11) is 1.75. The molecule has 1 N–H and O–H groups in total. The van der Waals surface area contributed by atoms with Gasteiger partial charge in [-0.3, -0.25) is 14.4 Å². The molecule has 3 aliphatic rings. The van der Waals surface area contributed by atoms with E-state index in [0.717, 1.165) is 31.2 Å². The number of nitrogens with zero attached hydrogens (tertiary/aromatic N) is 3. The zero-order valence-electron chi connectivity index (χ0n) is 24.2. The van der Waals surface area contributed by atoms with Crippen LogP contribution in [0.5, 0.6) is 0 Å². The molecule has 1 aromatic rings. The first-order chi connectivity index (χ1) is 19.3. The van der Waals surface area contributed by atoms with Gasteiger partial charge in [-0.2, -0.15) is 0 Å². The Labute approximate surface area is 243 Å². The third-order valence-corrected chi connectivity index (χ3v) is 11.2. The number of amides is 3. The first-order valence-corrected chi connectivity index (χ1v) is 15.5. The summed E-state index contributed by atoms with van der Waals surface area (Å²) < 4.78 is -0.720. The number of rotatable bonds is 14. The molecule has 40 heavy (non-hydrogen) atoms. The number of likely N-dealkylation sites (tertiary alicyclic amines) is 1. The maximum atomic E-state index is 14.6. The summed E-state index contributed by atoms with van der Waals surface area (Å²) in [5.74, 6) is -1.36. The van der Waals surface area contributed by atoms with E-state index in [1.165, 1.54) is 0 Å². The molecule has 3 heterocycles. The number of aliphatic hydroxyl groups excluding tert-OH is 1. The number of thioether (sulfide) groups is 1. The molecule has 0 saturated carbocycles. The highest BCUT2D eigenvalue weighted by atomic mass is 32.2. The molecule has 4 rings (SSSR count). The van der Waals surface area contributed by atoms with Crippen LogP contribution in [0.15, 0.2) is 55.6 Å². The number of likely N-dealkylation sites (N-methyl/N-ethyl adjacent to an activating group) is 1. The Hall–Kier alpha value is -2.58. The van der Waals surface area contributed by atoms with Gasteiger partial charge in [-0.05, 0) is 30.7 Å². The number of benzene rings is 1. The fourth-order valence-electron chi connectivity index (χ4n) is 7.26. The van der Waals surface area contributed by atoms with Crippen LogP contribution in [-0.4, -0.2) is 92.9 Å². The number of aliphatic hydroxyl groups is 1. The van der Waals surface area contributed by atoms with Gasteiger partial charge in [0.25, 0.3) is 0 Å². The maximum Gasteiger partial charge on any atom is 0.247 e. The molecular weight excluding hydrogens is 522 g/mol. The topological polar surface area (TPSA) is 81.2 Å². The zero-order valence-corrected chi connectivity index (χ0v) is 25.0. The second-order valence-electron chi connectivity index (χ2n) is 11.6. The number of unbranched alkanes of at least 4 members (excludes halogenated alkanes) is 2. The van der Waals surface area contributed by atoms with Crippen LogP contribution in [0, 0.1) is 17.8 Å². The van der Waals surface area contributed by atoms with Crippen LogP contribution in [0.2, 0.25) is 0 Å². The van der Waals surface area contributed by atoms with Crippen LogP contribution < -0.4 is 0 Å². The van der Waals surface area contributed by atoms with Crippen molar-refractivity contribution < 1.29 is 19.5 Å². The van der Waals surface area contributed by atoms with Crippen LogP contribution in [0.25, 0.3) is 0 Å². The van der Waals surface area contributed by atoms with Gasteiger partial charge in [-0.1, -0.05) is 69.2 Å². The molecule has 3 amide bonds. The molecule has 0 radical (unpaired) electrons. The number of carbonyl (C=O) groups excluding carboxylic acids is 3. The van der Waals surface area contributed by atoms with E-state index in [2.05, 4.69) is 27.0 Å². The Morgan fingerprint density at radius 2 is 1.88 bits per heavy atom. The van der Waals surface area contributed by atoms with Crippen molar-refractivity contribution in [2.24, 2.45) is 17.8 Å². The van der Waals surface area contributed by atoms with E-state index >= 15 is 0 Å². The molecule has 2 bridgehead atoms. The molecule has 7 nitrogen and oxygen atoms in total. The molecule has 7 atom stereocenters. The van der Waals surface area contributed by atoms with Crippen molar-refractivity contribution in [2.45, 2.75) is 68.0 Å². The van der Waals surface area contributed by atoms with Gasteiger partial charge in [-0.25, -0.2) is 0 Å². The van der Waals surface area contributed by atoms with Gasteiger partial charge in [0, 0.05) is 31.9 Å². The van der Waals surface area contributed by atoms with E-state index in [-0.39, 0.29) is 35.5 Å². The van der Waals surface area contributed by atoms with Gasteiger partial charge in [0.15, 0.2) is 0 Å². The SMILES string of the molecule is C=CCN(C)C(=O)[C@@H]1[C@H]2C(=O)N([C@@H](CO)Cc3ccccc3)C(C(=O)N(CC=C)CCCCC)C23S[C@@H]1CC3C. The Balaban J connectivity index is 1.80. The highest BCUT2D eigenvalue weighted by molar-refractivity contribution is 8.02. The van der Waals surface area contributed by atoms with Crippen molar-refractivity contribution in [2.75, 3.05) is 33.3 Å². The molecule has 8 heteroatoms. The summed E-state index contributed by atoms with van der Waals surface area (Å²) in [6, 6.07) is 8.45. The summed E-state index contributed by atoms with van der Waals surface area (Å²) in [5, 5.41) is 10.7. The van der Waals surface area contributed by atoms with Crippen LogP contribution in [0.1, 0.15) is 45.1 Å². The summed E-state index contributed by atoms with van der Waals surface area (Å²) in [6.45, 7) is 13.1. The fraction of sp³-hybridized carbons (Fsp3) is 0.594. The fourth-order valence-corrected chi connectivity index (χ4v) is 9.66. The van der Waals surface area contributed by atoms with Gasteiger partial charge in [0.1, 0.15) is 6.04 Å². The highest BCUT2D eigenvalue weighted by Gasteiger charge is 2.76. The second-order valence-corrected chi connectivity index (χ2v) is 13.2. The van der Waals surface area contributed by atoms with Gasteiger partial charge in [0.05, 0.1) is 29.2 Å². The Kier molecular flexibility index (Phi) is 9.83. The molecule has 1 spiro atoms. The summed E-state index contributed by atoms with van der Waals surface area (Å²) in [6.07, 6.45) is 7.57. The Morgan fingerprint density at radius 3 is 2.50 bits per heavy atom. The first-order valence-electron chi connectivity index (χ1n) is 14.7. The van der Waals surface area contributed by atoms with Crippen molar-refractivity contribution in [3.8, 4) is 0 Å². The van der Waals surface area contributed by atoms with Crippen molar-refractivity contribution in [3.05, 3.63) is 61.2 Å². The average Bonchev–Trinajstić information content (AvgIpc) is 3.55. The molecule has 3 fully saturated rings. The van der Waals surface area contributed by atoms with E-state index in [4.69, 9.17) is 0 Å². The standard InChI is InChI=1S/C32H45N3O4S/c1-6-9-13-18-34(17-8-3)31(39)28-32-22(4)19-25(40-32)26(29(37)33(5)16-7-2)27(32)30(38)35(28)24(21-36)20-23-14-11-10-12-15-23/h7-8,10-12,14-15,22,24-28,36H,2-3,6,9,13,16-21H2,1,4-5H3/t22?,24-,25-,26+,27+,28?,32?/m1/s1. The predicted octanol–water partition coefficient (Wildman–Crippen LogP) is 3.78. The van der Waals surface area contributed by atoms with Crippen molar-refractivity contribution in [1.29, 1.82) is 0 Å². The Bertz CT molecular complexity index is 1100. The monoisotopic (exact) mass is 567 g/mol. The van der Waals surface area contributed by atoms with E-state index in [0.29, 0.717) is 26.1 Å². The minimum absolute atomic E-state index is 0.0178. The van der Waals surface area contributed by atoms with Gasteiger partial charge < -0.3 is 19.8 Å². The van der Waals surface area contributed by atoms with Crippen LogP contribution in [0.3, 0.4) is 0 Å². The quantitative estimate of drug-likeness (QED) is 0.273. The number of fused-ring (bicyclic) bond motifs is 1. The molecule has 218 valence electrons. The third-order valence-electron chi connectivity index (χ3n) is 9.09. The van der Waals surface area contributed by atoms with Gasteiger partial charge in [-0.15, -0.1) is 24.9 Å². The largest absolute Gasteiger partial charge is 0.394 e. The summed E-state index contributed by atoms with van der Waals surface area (Å²) in [4.78, 5) is 48.1. The van der Waals surface area contributed by atoms with Crippen LogP contribution in [-0.2, 0) is 20.8 Å². The summed E-state index contributed by atoms with van der Waals surface area (Å²) in [5.41, 5.74) is 0.990. The smallest absolute Gasteiger partial charge is 0.247 e. The van der Waals surface area contributed by atoms with E-state index < -0.39 is 28.7 Å². The molecule has 0 aromatic heterocycles. The maximum absolute atomic E-state index is 14.6. The number of hydrogen-bond acceptors (Lipinski definition) is 5.